The summed E-state index contributed by atoms with van der Waals surface area (Å²) < 4.78 is 34.8. The minimum absolute atomic E-state index is 0.229. The number of carbonyl (C=O) groups excluding carboxylic acids is 2. The number of nitrogens with one attached hydrogen (secondary N) is 2. The van der Waals surface area contributed by atoms with Crippen molar-refractivity contribution in [1.29, 1.82) is 0 Å². The lowest BCUT2D eigenvalue weighted by Crippen LogP contribution is -2.70. The van der Waals surface area contributed by atoms with E-state index >= 15 is 0 Å². The van der Waals surface area contributed by atoms with Crippen LogP contribution in [0, 0.1) is 0 Å². The van der Waals surface area contributed by atoms with E-state index in [2.05, 4.69) is 24.5 Å². The fraction of sp³-hybridized carbons (Fsp3) is 0.957. The Balaban J connectivity index is 1.48. The van der Waals surface area contributed by atoms with Gasteiger partial charge in [-0.2, -0.15) is 0 Å². The molecule has 2 amide bonds. The molecule has 23 nitrogen and oxygen atoms in total. The number of hydrogen-bond acceptors (Lipinski definition) is 20. The summed E-state index contributed by atoms with van der Waals surface area (Å²) in [5.41, 5.74) is 0. The Kier molecular flexibility index (Phi) is 45.7. The first-order valence-corrected chi connectivity index (χ1v) is 36.4. The number of carboxylic acids is 1. The Labute approximate surface area is 550 Å². The minimum Gasteiger partial charge on any atom is -0.477 e. The van der Waals surface area contributed by atoms with Crippen molar-refractivity contribution in [1.82, 2.24) is 10.6 Å². The molecule has 92 heavy (non-hydrogen) atoms. The number of aliphatic hydroxyl groups is 11. The molecule has 18 atom stereocenters. The molecular weight excluding hydrogens is 1190 g/mol. The Morgan fingerprint density at radius 3 is 1.36 bits per heavy atom. The highest BCUT2D eigenvalue weighted by molar-refractivity contribution is 5.77. The first-order chi connectivity index (χ1) is 44.4. The zero-order valence-electron chi connectivity index (χ0n) is 56.7. The van der Waals surface area contributed by atoms with Crippen molar-refractivity contribution in [3.05, 3.63) is 0 Å². The van der Waals surface area contributed by atoms with E-state index in [0.29, 0.717) is 19.3 Å². The van der Waals surface area contributed by atoms with E-state index < -0.39 is 148 Å². The average molecular weight is 1320 g/mol. The molecule has 3 aliphatic rings. The van der Waals surface area contributed by atoms with Crippen molar-refractivity contribution in [3.63, 3.8) is 0 Å². The van der Waals surface area contributed by atoms with Crippen LogP contribution in [-0.2, 0) is 42.8 Å². The van der Waals surface area contributed by atoms with E-state index in [1.54, 1.807) is 0 Å². The van der Waals surface area contributed by atoms with Gasteiger partial charge >= 0.3 is 5.97 Å². The van der Waals surface area contributed by atoms with E-state index in [9.17, 15) is 75.7 Å². The summed E-state index contributed by atoms with van der Waals surface area (Å²) in [7, 11) is 0. The smallest absolute Gasteiger partial charge is 0.364 e. The third-order valence-corrected chi connectivity index (χ3v) is 18.8. The molecule has 23 heteroatoms. The van der Waals surface area contributed by atoms with Crippen LogP contribution < -0.4 is 10.6 Å². The summed E-state index contributed by atoms with van der Waals surface area (Å²) in [6.45, 7) is 2.20. The maximum atomic E-state index is 13.5. The van der Waals surface area contributed by atoms with Gasteiger partial charge in [-0.05, 0) is 12.8 Å². The predicted octanol–water partition coefficient (Wildman–Crippen LogP) is 7.29. The maximum Gasteiger partial charge on any atom is 0.364 e. The molecule has 0 saturated carbocycles. The Morgan fingerprint density at radius 2 is 0.946 bits per heavy atom. The molecule has 0 bridgehead atoms. The van der Waals surface area contributed by atoms with Gasteiger partial charge in [-0.1, -0.05) is 251 Å². The first-order valence-electron chi connectivity index (χ1n) is 36.4. The Hall–Kier alpha value is -2.27. The number of amides is 2. The van der Waals surface area contributed by atoms with E-state index in [0.717, 1.165) is 51.9 Å². The number of aliphatic hydroxyl groups excluding tert-OH is 11. The molecule has 0 spiro atoms. The fourth-order valence-electron chi connectivity index (χ4n) is 13.0. The van der Waals surface area contributed by atoms with Gasteiger partial charge in [0.15, 0.2) is 12.6 Å². The monoisotopic (exact) mass is 1320 g/mol. The van der Waals surface area contributed by atoms with Crippen LogP contribution in [0.25, 0.3) is 0 Å². The third kappa shape index (κ3) is 31.9. The van der Waals surface area contributed by atoms with Crippen LogP contribution in [0.1, 0.15) is 284 Å². The van der Waals surface area contributed by atoms with Gasteiger partial charge in [-0.15, -0.1) is 0 Å². The Morgan fingerprint density at radius 1 is 0.522 bits per heavy atom. The summed E-state index contributed by atoms with van der Waals surface area (Å²) in [5, 5.41) is 136. The van der Waals surface area contributed by atoms with E-state index in [1.807, 2.05) is 0 Å². The van der Waals surface area contributed by atoms with Crippen LogP contribution in [0.5, 0.6) is 0 Å². The number of rotatable bonds is 56. The first kappa shape index (κ1) is 84.0. The normalized spacial score (nSPS) is 28.2. The molecule has 0 aliphatic carbocycles. The lowest BCUT2D eigenvalue weighted by atomic mass is 9.88. The highest BCUT2D eigenvalue weighted by atomic mass is 16.8. The molecule has 542 valence electrons. The summed E-state index contributed by atoms with van der Waals surface area (Å²) in [6.07, 6.45) is 18.6. The van der Waals surface area contributed by atoms with Crippen molar-refractivity contribution in [3.8, 4) is 0 Å². The van der Waals surface area contributed by atoms with Crippen LogP contribution in [-0.4, -0.2) is 215 Å². The summed E-state index contributed by atoms with van der Waals surface area (Å²) in [4.78, 5) is 38.5. The lowest BCUT2D eigenvalue weighted by Gasteiger charge is -2.50. The second kappa shape index (κ2) is 50.1. The van der Waals surface area contributed by atoms with Crippen LogP contribution in [0.15, 0.2) is 0 Å². The second-order valence-electron chi connectivity index (χ2n) is 26.8. The molecule has 0 aromatic carbocycles. The number of ether oxygens (including phenoxy) is 6. The van der Waals surface area contributed by atoms with Gasteiger partial charge in [0.05, 0.1) is 50.7 Å². The highest BCUT2D eigenvalue weighted by Crippen LogP contribution is 2.39. The van der Waals surface area contributed by atoms with Crippen molar-refractivity contribution >= 4 is 17.8 Å². The van der Waals surface area contributed by atoms with Crippen molar-refractivity contribution in [2.75, 3.05) is 26.4 Å². The van der Waals surface area contributed by atoms with Gasteiger partial charge < -0.3 is 100 Å². The molecule has 0 aromatic rings. The standard InChI is InChI=1S/C69H130N2O21/c1-4-6-8-10-12-14-16-17-18-19-20-21-22-23-24-25-26-27-28-29-30-31-32-33-35-37-39-41-43-56(79)71-50(51(76)42-40-38-36-34-15-13-11-9-7-5-2)48-87-66-61(83)60(82)63(55(47-74)89-66)90-67-62(84)65(59(81)54(46-73)88-67)92-69(68(85)86)44-52(77)57(70-49(3)75)64(91-69)58(80)53(78)45-72/h50-55,57-67,72-74,76-78,80-84H,4-48H2,1-3H3,(H,70,75)(H,71,79)(H,85,86). The zero-order valence-corrected chi connectivity index (χ0v) is 56.7. The quantitative estimate of drug-likeness (QED) is 0.0266. The maximum absolute atomic E-state index is 13.5. The van der Waals surface area contributed by atoms with Crippen LogP contribution in [0.3, 0.4) is 0 Å². The van der Waals surface area contributed by atoms with Crippen LogP contribution >= 0.6 is 0 Å². The van der Waals surface area contributed by atoms with Gasteiger partial charge in [0.25, 0.3) is 5.79 Å². The molecule has 0 aromatic heterocycles. The van der Waals surface area contributed by atoms with Crippen molar-refractivity contribution in [2.45, 2.75) is 394 Å². The number of carbonyl (C=O) groups is 3. The summed E-state index contributed by atoms with van der Waals surface area (Å²) >= 11 is 0. The molecule has 0 radical (unpaired) electrons. The molecule has 3 fully saturated rings. The average Bonchev–Trinajstić information content (AvgIpc) is 0.768. The van der Waals surface area contributed by atoms with E-state index in [-0.39, 0.29) is 18.9 Å². The van der Waals surface area contributed by atoms with Gasteiger partial charge in [0.2, 0.25) is 11.8 Å². The lowest BCUT2D eigenvalue weighted by molar-refractivity contribution is -0.386. The molecular formula is C69H130N2O21. The largest absolute Gasteiger partial charge is 0.477 e. The predicted molar refractivity (Wildman–Crippen MR) is 348 cm³/mol. The minimum atomic E-state index is -3.08. The van der Waals surface area contributed by atoms with Gasteiger partial charge in [0, 0.05) is 19.8 Å². The molecule has 18 unspecified atom stereocenters. The molecule has 3 rings (SSSR count). The molecule has 3 saturated heterocycles. The fourth-order valence-corrected chi connectivity index (χ4v) is 13.0. The number of carboxylic acid groups (broad SMARTS) is 1. The number of unbranched alkanes of at least 4 members (excludes halogenated alkanes) is 36. The van der Waals surface area contributed by atoms with Crippen LogP contribution in [0.4, 0.5) is 0 Å². The van der Waals surface area contributed by atoms with Gasteiger partial charge in [0.1, 0.15) is 67.1 Å². The third-order valence-electron chi connectivity index (χ3n) is 18.8. The van der Waals surface area contributed by atoms with Crippen molar-refractivity contribution in [2.24, 2.45) is 0 Å². The van der Waals surface area contributed by atoms with Gasteiger partial charge in [-0.25, -0.2) is 4.79 Å². The number of aliphatic carboxylic acids is 1. The molecule has 3 aliphatic heterocycles. The van der Waals surface area contributed by atoms with Gasteiger partial charge in [-0.3, -0.25) is 9.59 Å². The van der Waals surface area contributed by atoms with E-state index in [4.69, 9.17) is 28.4 Å². The Bertz CT molecular complexity index is 1860. The summed E-state index contributed by atoms with van der Waals surface area (Å²) in [6, 6.07) is -2.52. The molecule has 3 heterocycles. The highest BCUT2D eigenvalue weighted by Gasteiger charge is 2.60. The second-order valence-corrected chi connectivity index (χ2v) is 26.8. The topological polar surface area (TPSA) is 373 Å². The van der Waals surface area contributed by atoms with E-state index in [1.165, 1.54) is 186 Å². The SMILES string of the molecule is CCCCCCCCCCCCCCCCCCCCCCCCCCCCCCC(=O)NC(COC1OC(CO)C(OC2OC(CO)C(O)C(OC3(C(=O)O)CC(O)C(NC(C)=O)C(C(O)C(O)CO)O3)C2O)C(O)C1O)C(O)CCCCCCCCCCCC. The van der Waals surface area contributed by atoms with Crippen LogP contribution in [0.2, 0.25) is 0 Å². The van der Waals surface area contributed by atoms with Crippen molar-refractivity contribution < 1.29 is 104 Å². The zero-order chi connectivity index (χ0) is 67.5. The molecule has 14 N–H and O–H groups in total. The number of hydrogen-bond donors (Lipinski definition) is 14. The summed E-state index contributed by atoms with van der Waals surface area (Å²) in [5.74, 6) is -6.09.